The third kappa shape index (κ3) is 5.09. The van der Waals surface area contributed by atoms with Crippen molar-refractivity contribution < 1.29 is 18.7 Å². The van der Waals surface area contributed by atoms with Gasteiger partial charge in [-0.3, -0.25) is 4.79 Å². The van der Waals surface area contributed by atoms with Gasteiger partial charge in [0.2, 0.25) is 0 Å². The van der Waals surface area contributed by atoms with E-state index >= 15 is 0 Å². The predicted molar refractivity (Wildman–Crippen MR) is 95.7 cm³/mol. The molecule has 0 aliphatic rings. The Morgan fingerprint density at radius 2 is 1.88 bits per heavy atom. The summed E-state index contributed by atoms with van der Waals surface area (Å²) < 4.78 is 10.7. The SMILES string of the molecule is Cc1cc(C)c(NC(=O)COC(=O)C=Cc2ccc(Br)o2)c(C)c1. The molecule has 1 aromatic heterocycles. The zero-order valence-corrected chi connectivity index (χ0v) is 15.3. The van der Waals surface area contributed by atoms with Crippen molar-refractivity contribution in [3.05, 3.63) is 57.5 Å². The number of rotatable bonds is 5. The van der Waals surface area contributed by atoms with E-state index in [2.05, 4.69) is 21.2 Å². The van der Waals surface area contributed by atoms with Crippen LogP contribution in [0.2, 0.25) is 0 Å². The first-order valence-corrected chi connectivity index (χ1v) is 8.12. The minimum Gasteiger partial charge on any atom is -0.452 e. The molecule has 1 amide bonds. The van der Waals surface area contributed by atoms with Crippen LogP contribution in [0, 0.1) is 20.8 Å². The quantitative estimate of drug-likeness (QED) is 0.613. The smallest absolute Gasteiger partial charge is 0.331 e. The Morgan fingerprint density at radius 3 is 2.46 bits per heavy atom. The van der Waals surface area contributed by atoms with Crippen LogP contribution in [-0.4, -0.2) is 18.5 Å². The number of aryl methyl sites for hydroxylation is 3. The van der Waals surface area contributed by atoms with Gasteiger partial charge in [-0.1, -0.05) is 17.7 Å². The molecular weight excluding hydrogens is 374 g/mol. The van der Waals surface area contributed by atoms with Gasteiger partial charge in [0.05, 0.1) is 0 Å². The summed E-state index contributed by atoms with van der Waals surface area (Å²) in [5, 5.41) is 2.77. The molecule has 0 aliphatic heterocycles. The molecule has 0 radical (unpaired) electrons. The van der Waals surface area contributed by atoms with Crippen LogP contribution >= 0.6 is 15.9 Å². The van der Waals surface area contributed by atoms with Gasteiger partial charge in [0.25, 0.3) is 5.91 Å². The fourth-order valence-corrected chi connectivity index (χ4v) is 2.62. The molecule has 2 aromatic rings. The van der Waals surface area contributed by atoms with Crippen LogP contribution in [0.4, 0.5) is 5.69 Å². The van der Waals surface area contributed by atoms with Gasteiger partial charge in [0.15, 0.2) is 11.3 Å². The Hall–Kier alpha value is -2.34. The summed E-state index contributed by atoms with van der Waals surface area (Å²) in [6.45, 7) is 5.49. The number of halogens is 1. The summed E-state index contributed by atoms with van der Waals surface area (Å²) in [6, 6.07) is 7.38. The molecule has 5 nitrogen and oxygen atoms in total. The number of carbonyl (C=O) groups excluding carboxylic acids is 2. The molecule has 0 atom stereocenters. The van der Waals surface area contributed by atoms with Gasteiger partial charge in [-0.2, -0.15) is 0 Å². The first-order chi connectivity index (χ1) is 11.3. The van der Waals surface area contributed by atoms with Crippen LogP contribution in [0.25, 0.3) is 6.08 Å². The van der Waals surface area contributed by atoms with Crippen LogP contribution in [0.5, 0.6) is 0 Å². The maximum atomic E-state index is 11.9. The van der Waals surface area contributed by atoms with E-state index in [4.69, 9.17) is 9.15 Å². The fourth-order valence-electron chi connectivity index (χ4n) is 2.31. The predicted octanol–water partition coefficient (Wildman–Crippen LogP) is 4.16. The Bertz CT molecular complexity index is 769. The molecular formula is C18H18BrNO4. The molecule has 126 valence electrons. The highest BCUT2D eigenvalue weighted by Gasteiger charge is 2.10. The lowest BCUT2D eigenvalue weighted by molar-refractivity contribution is -0.142. The molecule has 0 spiro atoms. The van der Waals surface area contributed by atoms with Gasteiger partial charge >= 0.3 is 5.97 Å². The molecule has 0 aliphatic carbocycles. The van der Waals surface area contributed by atoms with Crippen molar-refractivity contribution in [3.63, 3.8) is 0 Å². The lowest BCUT2D eigenvalue weighted by atomic mass is 10.1. The molecule has 6 heteroatoms. The van der Waals surface area contributed by atoms with Crippen molar-refractivity contribution in [3.8, 4) is 0 Å². The summed E-state index contributed by atoms with van der Waals surface area (Å²) in [4.78, 5) is 23.6. The molecule has 1 heterocycles. The largest absolute Gasteiger partial charge is 0.452 e. The van der Waals surface area contributed by atoms with Crippen molar-refractivity contribution in [1.82, 2.24) is 0 Å². The number of furan rings is 1. The highest BCUT2D eigenvalue weighted by atomic mass is 79.9. The maximum absolute atomic E-state index is 11.9. The van der Waals surface area contributed by atoms with Gasteiger partial charge in [0.1, 0.15) is 5.76 Å². The standard InChI is InChI=1S/C18H18BrNO4/c1-11-8-12(2)18(13(3)9-11)20-16(21)10-23-17(22)7-5-14-4-6-15(19)24-14/h4-9H,10H2,1-3H3,(H,20,21). The third-order valence-corrected chi connectivity index (χ3v) is 3.69. The lowest BCUT2D eigenvalue weighted by Gasteiger charge is -2.12. The second kappa shape index (κ2) is 7.97. The number of nitrogens with one attached hydrogen (secondary N) is 1. The number of esters is 1. The van der Waals surface area contributed by atoms with Crippen LogP contribution in [-0.2, 0) is 14.3 Å². The van der Waals surface area contributed by atoms with Crippen molar-refractivity contribution >= 4 is 39.6 Å². The van der Waals surface area contributed by atoms with Gasteiger partial charge in [-0.05, 0) is 66.0 Å². The van der Waals surface area contributed by atoms with Crippen LogP contribution in [0.1, 0.15) is 22.5 Å². The molecule has 0 saturated heterocycles. The Balaban J connectivity index is 1.87. The van der Waals surface area contributed by atoms with Crippen molar-refractivity contribution in [2.24, 2.45) is 0 Å². The van der Waals surface area contributed by atoms with Crippen LogP contribution in [0.15, 0.2) is 39.4 Å². The van der Waals surface area contributed by atoms with Crippen molar-refractivity contribution in [2.45, 2.75) is 20.8 Å². The number of ether oxygens (including phenoxy) is 1. The Kier molecular flexibility index (Phi) is 5.98. The highest BCUT2D eigenvalue weighted by molar-refractivity contribution is 9.10. The molecule has 0 bridgehead atoms. The molecule has 0 unspecified atom stereocenters. The lowest BCUT2D eigenvalue weighted by Crippen LogP contribution is -2.21. The minimum absolute atomic E-state index is 0.349. The first kappa shape index (κ1) is 18.0. The summed E-state index contributed by atoms with van der Waals surface area (Å²) in [6.07, 6.45) is 2.68. The van der Waals surface area contributed by atoms with Crippen LogP contribution in [0.3, 0.4) is 0 Å². The number of hydrogen-bond acceptors (Lipinski definition) is 4. The molecule has 1 N–H and O–H groups in total. The summed E-state index contributed by atoms with van der Waals surface area (Å²) in [5.74, 6) is -0.489. The molecule has 1 aromatic carbocycles. The normalized spacial score (nSPS) is 10.8. The number of anilines is 1. The van der Waals surface area contributed by atoms with Gasteiger partial charge in [-0.25, -0.2) is 4.79 Å². The minimum atomic E-state index is -0.616. The average Bonchev–Trinajstić information content (AvgIpc) is 2.92. The van der Waals surface area contributed by atoms with E-state index in [9.17, 15) is 9.59 Å². The monoisotopic (exact) mass is 391 g/mol. The zero-order valence-electron chi connectivity index (χ0n) is 13.7. The molecule has 24 heavy (non-hydrogen) atoms. The van der Waals surface area contributed by atoms with E-state index in [1.54, 1.807) is 12.1 Å². The van der Waals surface area contributed by atoms with E-state index < -0.39 is 5.97 Å². The molecule has 0 fully saturated rings. The average molecular weight is 392 g/mol. The maximum Gasteiger partial charge on any atom is 0.331 e. The Labute approximate surface area is 148 Å². The zero-order chi connectivity index (χ0) is 17.7. The topological polar surface area (TPSA) is 68.5 Å². The fraction of sp³-hybridized carbons (Fsp3) is 0.222. The van der Waals surface area contributed by atoms with E-state index in [0.717, 1.165) is 22.4 Å². The third-order valence-electron chi connectivity index (χ3n) is 3.26. The van der Waals surface area contributed by atoms with Gasteiger partial charge in [0, 0.05) is 11.8 Å². The van der Waals surface area contributed by atoms with E-state index in [1.165, 1.54) is 12.2 Å². The summed E-state index contributed by atoms with van der Waals surface area (Å²) in [5.41, 5.74) is 3.81. The number of hydrogen-bond donors (Lipinski definition) is 1. The Morgan fingerprint density at radius 1 is 1.21 bits per heavy atom. The molecule has 2 rings (SSSR count). The number of amides is 1. The number of carbonyl (C=O) groups is 2. The second-order valence-corrected chi connectivity index (χ2v) is 6.19. The van der Waals surface area contributed by atoms with Crippen molar-refractivity contribution in [1.29, 1.82) is 0 Å². The van der Waals surface area contributed by atoms with E-state index in [1.807, 2.05) is 32.9 Å². The van der Waals surface area contributed by atoms with Gasteiger partial charge < -0.3 is 14.5 Å². The number of benzene rings is 1. The van der Waals surface area contributed by atoms with Gasteiger partial charge in [-0.15, -0.1) is 0 Å². The first-order valence-electron chi connectivity index (χ1n) is 7.33. The second-order valence-electron chi connectivity index (χ2n) is 5.40. The summed E-state index contributed by atoms with van der Waals surface area (Å²) in [7, 11) is 0. The highest BCUT2D eigenvalue weighted by Crippen LogP contribution is 2.21. The van der Waals surface area contributed by atoms with Crippen molar-refractivity contribution in [2.75, 3.05) is 11.9 Å². The van der Waals surface area contributed by atoms with Crippen LogP contribution < -0.4 is 5.32 Å². The molecule has 0 saturated carbocycles. The summed E-state index contributed by atoms with van der Waals surface area (Å²) >= 11 is 3.17. The van der Waals surface area contributed by atoms with E-state index in [0.29, 0.717) is 10.4 Å². The van der Waals surface area contributed by atoms with E-state index in [-0.39, 0.29) is 12.5 Å².